The van der Waals surface area contributed by atoms with Crippen molar-refractivity contribution in [3.05, 3.63) is 42.0 Å². The molecule has 0 atom stereocenters. The van der Waals surface area contributed by atoms with E-state index in [1.54, 1.807) is 29.2 Å². The highest BCUT2D eigenvalue weighted by atomic mass is 32.2. The van der Waals surface area contributed by atoms with Crippen LogP contribution < -0.4 is 24.4 Å². The van der Waals surface area contributed by atoms with Gasteiger partial charge < -0.3 is 29.3 Å². The Bertz CT molecular complexity index is 1130. The average Bonchev–Trinajstić information content (AvgIpc) is 2.88. The van der Waals surface area contributed by atoms with E-state index >= 15 is 0 Å². The number of nitrogens with zero attached hydrogens (tertiary/aromatic N) is 2. The lowest BCUT2D eigenvalue weighted by Crippen LogP contribution is -2.45. The highest BCUT2D eigenvalue weighted by Gasteiger charge is 2.26. The number of nitrogens with one attached hydrogen (secondary N) is 2. The molecule has 10 nitrogen and oxygen atoms in total. The first-order valence-electron chi connectivity index (χ1n) is 11.1. The van der Waals surface area contributed by atoms with E-state index in [2.05, 4.69) is 14.9 Å². The Morgan fingerprint density at radius 3 is 2.41 bits per heavy atom. The van der Waals surface area contributed by atoms with Gasteiger partial charge >= 0.3 is 0 Å². The molecule has 184 valence electrons. The van der Waals surface area contributed by atoms with Crippen LogP contribution in [0, 0.1) is 0 Å². The lowest BCUT2D eigenvalue weighted by molar-refractivity contribution is 0.0303. The summed E-state index contributed by atoms with van der Waals surface area (Å²) in [6.07, 6.45) is 0. The van der Waals surface area contributed by atoms with Gasteiger partial charge in [-0.2, -0.15) is 0 Å². The van der Waals surface area contributed by atoms with E-state index in [1.807, 2.05) is 0 Å². The SMILES string of the molecule is COc1ccc(OC)c(S(=O)(=O)Nc2ccc(N3CCNCC3)c(C(=O)N3CCOCC3)c2)c1. The Hall–Kier alpha value is -3.02. The number of hydrogen-bond donors (Lipinski definition) is 2. The molecule has 4 rings (SSSR count). The molecule has 0 spiro atoms. The van der Waals surface area contributed by atoms with E-state index in [0.29, 0.717) is 43.3 Å². The largest absolute Gasteiger partial charge is 0.497 e. The van der Waals surface area contributed by atoms with Crippen molar-refractivity contribution in [1.82, 2.24) is 10.2 Å². The lowest BCUT2D eigenvalue weighted by Gasteiger charge is -2.33. The Kier molecular flexibility index (Phi) is 7.44. The van der Waals surface area contributed by atoms with Gasteiger partial charge in [-0.05, 0) is 30.3 Å². The van der Waals surface area contributed by atoms with Crippen molar-refractivity contribution in [3.8, 4) is 11.5 Å². The maximum atomic E-state index is 13.4. The number of morpholine rings is 1. The third kappa shape index (κ3) is 5.21. The summed E-state index contributed by atoms with van der Waals surface area (Å²) in [5.74, 6) is 0.436. The summed E-state index contributed by atoms with van der Waals surface area (Å²) in [7, 11) is -1.15. The Labute approximate surface area is 199 Å². The number of hydrogen-bond acceptors (Lipinski definition) is 8. The van der Waals surface area contributed by atoms with Gasteiger partial charge in [-0.1, -0.05) is 0 Å². The minimum absolute atomic E-state index is 0.0541. The fourth-order valence-corrected chi connectivity index (χ4v) is 5.33. The van der Waals surface area contributed by atoms with Gasteiger partial charge in [0.25, 0.3) is 15.9 Å². The summed E-state index contributed by atoms with van der Waals surface area (Å²) in [6, 6.07) is 9.65. The van der Waals surface area contributed by atoms with Gasteiger partial charge in [0.05, 0.1) is 33.0 Å². The number of piperazine rings is 1. The molecule has 2 fully saturated rings. The van der Waals surface area contributed by atoms with Crippen LogP contribution in [-0.4, -0.2) is 85.9 Å². The molecule has 2 N–H and O–H groups in total. The van der Waals surface area contributed by atoms with Crippen LogP contribution in [0.2, 0.25) is 0 Å². The van der Waals surface area contributed by atoms with Crippen LogP contribution in [0.15, 0.2) is 41.3 Å². The third-order valence-corrected chi connectivity index (χ3v) is 7.30. The van der Waals surface area contributed by atoms with Crippen LogP contribution >= 0.6 is 0 Å². The second kappa shape index (κ2) is 10.5. The first-order valence-corrected chi connectivity index (χ1v) is 12.6. The van der Waals surface area contributed by atoms with Crippen molar-refractivity contribution in [1.29, 1.82) is 0 Å². The molecule has 2 aliphatic rings. The molecule has 11 heteroatoms. The molecule has 0 saturated carbocycles. The van der Waals surface area contributed by atoms with Crippen molar-refractivity contribution in [2.75, 3.05) is 76.3 Å². The third-order valence-electron chi connectivity index (χ3n) is 5.90. The highest BCUT2D eigenvalue weighted by molar-refractivity contribution is 7.92. The van der Waals surface area contributed by atoms with Crippen LogP contribution in [0.1, 0.15) is 10.4 Å². The van der Waals surface area contributed by atoms with Crippen molar-refractivity contribution < 1.29 is 27.4 Å². The van der Waals surface area contributed by atoms with Crippen LogP contribution in [0.4, 0.5) is 11.4 Å². The van der Waals surface area contributed by atoms with E-state index in [4.69, 9.17) is 14.2 Å². The fraction of sp³-hybridized carbons (Fsp3) is 0.435. The number of rotatable bonds is 7. The quantitative estimate of drug-likeness (QED) is 0.599. The van der Waals surface area contributed by atoms with Crippen molar-refractivity contribution in [2.24, 2.45) is 0 Å². The topological polar surface area (TPSA) is 109 Å². The minimum Gasteiger partial charge on any atom is -0.497 e. The molecule has 2 aliphatic heterocycles. The Morgan fingerprint density at radius 2 is 1.74 bits per heavy atom. The number of carbonyl (C=O) groups is 1. The van der Waals surface area contributed by atoms with E-state index in [1.165, 1.54) is 26.4 Å². The van der Waals surface area contributed by atoms with Crippen molar-refractivity contribution in [3.63, 3.8) is 0 Å². The summed E-state index contributed by atoms with van der Waals surface area (Å²) in [4.78, 5) is 17.3. The molecule has 0 radical (unpaired) electrons. The fourth-order valence-electron chi connectivity index (χ4n) is 4.09. The molecular formula is C23H30N4O6S. The molecule has 1 amide bonds. The predicted octanol–water partition coefficient (Wildman–Crippen LogP) is 1.39. The molecule has 2 saturated heterocycles. The second-order valence-electron chi connectivity index (χ2n) is 8.00. The summed E-state index contributed by atoms with van der Waals surface area (Å²) < 4.78 is 44.9. The summed E-state index contributed by atoms with van der Waals surface area (Å²) in [6.45, 7) is 5.11. The number of amides is 1. The molecule has 2 aromatic rings. The first kappa shape index (κ1) is 24.1. The molecule has 0 unspecified atom stereocenters. The van der Waals surface area contributed by atoms with Gasteiger partial charge in [0.2, 0.25) is 0 Å². The predicted molar refractivity (Wildman–Crippen MR) is 129 cm³/mol. The van der Waals surface area contributed by atoms with Gasteiger partial charge in [0, 0.05) is 56.7 Å². The van der Waals surface area contributed by atoms with E-state index in [-0.39, 0.29) is 16.6 Å². The number of sulfonamides is 1. The second-order valence-corrected chi connectivity index (χ2v) is 9.65. The van der Waals surface area contributed by atoms with Crippen LogP contribution in [0.5, 0.6) is 11.5 Å². The molecule has 0 aromatic heterocycles. The van der Waals surface area contributed by atoms with Gasteiger partial charge in [0.15, 0.2) is 0 Å². The Balaban J connectivity index is 1.69. The number of carbonyl (C=O) groups excluding carboxylic acids is 1. The average molecular weight is 491 g/mol. The van der Waals surface area contributed by atoms with E-state index in [9.17, 15) is 13.2 Å². The maximum absolute atomic E-state index is 13.4. The summed E-state index contributed by atoms with van der Waals surface area (Å²) in [5, 5.41) is 3.31. The number of ether oxygens (including phenoxy) is 3. The van der Waals surface area contributed by atoms with Gasteiger partial charge in [-0.15, -0.1) is 0 Å². The Morgan fingerprint density at radius 1 is 1.00 bits per heavy atom. The van der Waals surface area contributed by atoms with Gasteiger partial charge in [-0.3, -0.25) is 9.52 Å². The minimum atomic E-state index is -4.02. The molecule has 2 aromatic carbocycles. The summed E-state index contributed by atoms with van der Waals surface area (Å²) in [5.41, 5.74) is 1.54. The normalized spacial score (nSPS) is 16.8. The summed E-state index contributed by atoms with van der Waals surface area (Å²) >= 11 is 0. The zero-order valence-electron chi connectivity index (χ0n) is 19.4. The smallest absolute Gasteiger partial charge is 0.265 e. The maximum Gasteiger partial charge on any atom is 0.265 e. The molecule has 0 aliphatic carbocycles. The zero-order chi connectivity index (χ0) is 24.1. The number of benzene rings is 2. The number of methoxy groups -OCH3 is 2. The molecule has 34 heavy (non-hydrogen) atoms. The van der Waals surface area contributed by atoms with Crippen molar-refractivity contribution >= 4 is 27.3 Å². The highest BCUT2D eigenvalue weighted by Crippen LogP contribution is 2.32. The van der Waals surface area contributed by atoms with Gasteiger partial charge in [0.1, 0.15) is 16.4 Å². The van der Waals surface area contributed by atoms with Gasteiger partial charge in [-0.25, -0.2) is 8.42 Å². The standard InChI is InChI=1S/C23H30N4O6S/c1-31-18-4-6-21(32-2)22(16-18)34(29,30)25-17-3-5-20(26-9-7-24-8-10-26)19(15-17)23(28)27-11-13-33-14-12-27/h3-6,15-16,24-25H,7-14H2,1-2H3. The van der Waals surface area contributed by atoms with Crippen LogP contribution in [0.3, 0.4) is 0 Å². The van der Waals surface area contributed by atoms with Crippen LogP contribution in [0.25, 0.3) is 0 Å². The number of anilines is 2. The van der Waals surface area contributed by atoms with Crippen LogP contribution in [-0.2, 0) is 14.8 Å². The van der Waals surface area contributed by atoms with E-state index < -0.39 is 10.0 Å². The lowest BCUT2D eigenvalue weighted by atomic mass is 10.1. The molecule has 2 heterocycles. The first-order chi connectivity index (χ1) is 16.4. The molecule has 0 bridgehead atoms. The molecular weight excluding hydrogens is 460 g/mol. The zero-order valence-corrected chi connectivity index (χ0v) is 20.2. The van der Waals surface area contributed by atoms with E-state index in [0.717, 1.165) is 31.9 Å². The monoisotopic (exact) mass is 490 g/mol. The van der Waals surface area contributed by atoms with Crippen molar-refractivity contribution in [2.45, 2.75) is 4.90 Å².